The Morgan fingerprint density at radius 2 is 2.19 bits per heavy atom. The summed E-state index contributed by atoms with van der Waals surface area (Å²) in [6.07, 6.45) is 0. The highest BCUT2D eigenvalue weighted by molar-refractivity contribution is 6.33. The minimum Gasteiger partial charge on any atom is -0.361 e. The summed E-state index contributed by atoms with van der Waals surface area (Å²) in [4.78, 5) is 22.4. The Bertz CT molecular complexity index is 692. The van der Waals surface area contributed by atoms with Crippen LogP contribution in [0.3, 0.4) is 0 Å². The molecule has 0 spiro atoms. The highest BCUT2D eigenvalue weighted by Crippen LogP contribution is 2.28. The molecule has 1 N–H and O–H groups in total. The average Bonchev–Trinajstić information content (AvgIpc) is 2.74. The molecular formula is C13H12ClN3O4. The molecule has 1 heterocycles. The lowest BCUT2D eigenvalue weighted by atomic mass is 10.1. The van der Waals surface area contributed by atoms with E-state index in [1.165, 1.54) is 18.2 Å². The van der Waals surface area contributed by atoms with E-state index in [9.17, 15) is 14.9 Å². The molecule has 8 heteroatoms. The van der Waals surface area contributed by atoms with Gasteiger partial charge in [0.05, 0.1) is 10.6 Å². The first-order chi connectivity index (χ1) is 9.91. The summed E-state index contributed by atoms with van der Waals surface area (Å²) < 4.78 is 4.98. The standard InChI is InChI=1S/C13H12ClN3O4/c1-7-10(8(2)21-16-7)6-15-13(18)9-4-3-5-11(14)12(9)17(19)20/h3-5H,6H2,1-2H3,(H,15,18). The Kier molecular flexibility index (Phi) is 4.23. The fraction of sp³-hybridized carbons (Fsp3) is 0.231. The van der Waals surface area contributed by atoms with Crippen LogP contribution in [0.5, 0.6) is 0 Å². The first-order valence-corrected chi connectivity index (χ1v) is 6.42. The van der Waals surface area contributed by atoms with Gasteiger partial charge in [-0.15, -0.1) is 0 Å². The van der Waals surface area contributed by atoms with Crippen molar-refractivity contribution in [2.75, 3.05) is 0 Å². The molecule has 0 aliphatic heterocycles. The van der Waals surface area contributed by atoms with Gasteiger partial charge in [-0.05, 0) is 26.0 Å². The van der Waals surface area contributed by atoms with Gasteiger partial charge in [-0.3, -0.25) is 14.9 Å². The van der Waals surface area contributed by atoms with Gasteiger partial charge in [0, 0.05) is 12.1 Å². The molecule has 1 aromatic carbocycles. The minimum absolute atomic E-state index is 0.0787. The molecule has 0 radical (unpaired) electrons. The molecule has 0 saturated heterocycles. The highest BCUT2D eigenvalue weighted by atomic mass is 35.5. The van der Waals surface area contributed by atoms with Crippen LogP contribution in [-0.4, -0.2) is 16.0 Å². The second-order valence-electron chi connectivity index (χ2n) is 4.38. The first kappa shape index (κ1) is 15.0. The van der Waals surface area contributed by atoms with Crippen LogP contribution in [0.2, 0.25) is 5.02 Å². The van der Waals surface area contributed by atoms with Crippen LogP contribution in [0.4, 0.5) is 5.69 Å². The number of nitrogens with one attached hydrogen (secondary N) is 1. The van der Waals surface area contributed by atoms with E-state index in [2.05, 4.69) is 10.5 Å². The van der Waals surface area contributed by atoms with E-state index in [1.54, 1.807) is 13.8 Å². The Balaban J connectivity index is 2.22. The number of benzene rings is 1. The number of aromatic nitrogens is 1. The van der Waals surface area contributed by atoms with Crippen molar-refractivity contribution in [3.8, 4) is 0 Å². The number of hydrogen-bond acceptors (Lipinski definition) is 5. The monoisotopic (exact) mass is 309 g/mol. The number of nitro groups is 1. The molecule has 7 nitrogen and oxygen atoms in total. The second-order valence-corrected chi connectivity index (χ2v) is 4.79. The van der Waals surface area contributed by atoms with Gasteiger partial charge in [0.25, 0.3) is 5.91 Å². The summed E-state index contributed by atoms with van der Waals surface area (Å²) in [5.41, 5.74) is 0.913. The van der Waals surface area contributed by atoms with Gasteiger partial charge < -0.3 is 9.84 Å². The zero-order valence-electron chi connectivity index (χ0n) is 11.3. The number of carbonyl (C=O) groups is 1. The summed E-state index contributed by atoms with van der Waals surface area (Å²) in [6.45, 7) is 3.65. The summed E-state index contributed by atoms with van der Waals surface area (Å²) in [5.74, 6) is 0.0117. The van der Waals surface area contributed by atoms with Crippen molar-refractivity contribution in [1.82, 2.24) is 10.5 Å². The van der Waals surface area contributed by atoms with Gasteiger partial charge in [-0.2, -0.15) is 0 Å². The highest BCUT2D eigenvalue weighted by Gasteiger charge is 2.23. The van der Waals surface area contributed by atoms with Gasteiger partial charge in [0.1, 0.15) is 16.3 Å². The van der Waals surface area contributed by atoms with Gasteiger partial charge >= 0.3 is 5.69 Å². The topological polar surface area (TPSA) is 98.3 Å². The van der Waals surface area contributed by atoms with Crippen LogP contribution < -0.4 is 5.32 Å². The van der Waals surface area contributed by atoms with Crippen molar-refractivity contribution in [2.24, 2.45) is 0 Å². The fourth-order valence-corrected chi connectivity index (χ4v) is 2.15. The predicted octanol–water partition coefficient (Wildman–Crippen LogP) is 2.78. The van der Waals surface area contributed by atoms with Crippen LogP contribution in [-0.2, 0) is 6.54 Å². The van der Waals surface area contributed by atoms with Crippen molar-refractivity contribution < 1.29 is 14.2 Å². The summed E-state index contributed by atoms with van der Waals surface area (Å²) >= 11 is 5.77. The lowest BCUT2D eigenvalue weighted by Crippen LogP contribution is -2.24. The molecule has 0 fully saturated rings. The van der Waals surface area contributed by atoms with E-state index in [4.69, 9.17) is 16.1 Å². The SMILES string of the molecule is Cc1noc(C)c1CNC(=O)c1cccc(Cl)c1[N+](=O)[O-]. The van der Waals surface area contributed by atoms with Gasteiger partial charge in [-0.1, -0.05) is 22.8 Å². The van der Waals surface area contributed by atoms with Gasteiger partial charge in [0.2, 0.25) is 0 Å². The van der Waals surface area contributed by atoms with Crippen LogP contribution in [0.1, 0.15) is 27.4 Å². The molecule has 110 valence electrons. The molecule has 2 rings (SSSR count). The van der Waals surface area contributed by atoms with Crippen LogP contribution >= 0.6 is 11.6 Å². The number of halogens is 1. The van der Waals surface area contributed by atoms with E-state index in [0.717, 1.165) is 5.56 Å². The number of carbonyl (C=O) groups excluding carboxylic acids is 1. The zero-order chi connectivity index (χ0) is 15.6. The Morgan fingerprint density at radius 3 is 2.76 bits per heavy atom. The number of nitrogens with zero attached hydrogens (tertiary/aromatic N) is 2. The van der Waals surface area contributed by atoms with E-state index in [-0.39, 0.29) is 17.1 Å². The molecule has 0 bridgehead atoms. The molecule has 0 aliphatic carbocycles. The molecule has 2 aromatic rings. The first-order valence-electron chi connectivity index (χ1n) is 6.04. The number of hydrogen-bond donors (Lipinski definition) is 1. The smallest absolute Gasteiger partial charge is 0.300 e. The van der Waals surface area contributed by atoms with Crippen molar-refractivity contribution in [3.05, 3.63) is 55.9 Å². The van der Waals surface area contributed by atoms with Crippen molar-refractivity contribution in [2.45, 2.75) is 20.4 Å². The third kappa shape index (κ3) is 3.03. The quantitative estimate of drug-likeness (QED) is 0.691. The lowest BCUT2D eigenvalue weighted by molar-refractivity contribution is -0.385. The fourth-order valence-electron chi connectivity index (χ4n) is 1.90. The van der Waals surface area contributed by atoms with Crippen molar-refractivity contribution in [1.29, 1.82) is 0 Å². The van der Waals surface area contributed by atoms with E-state index in [1.807, 2.05) is 0 Å². The zero-order valence-corrected chi connectivity index (χ0v) is 12.1. The number of aryl methyl sites for hydroxylation is 2. The second kappa shape index (κ2) is 5.92. The summed E-state index contributed by atoms with van der Waals surface area (Å²) in [5, 5.41) is 17.3. The maximum Gasteiger partial charge on any atom is 0.300 e. The third-order valence-electron chi connectivity index (χ3n) is 3.02. The molecule has 1 aromatic heterocycles. The largest absolute Gasteiger partial charge is 0.361 e. The van der Waals surface area contributed by atoms with Gasteiger partial charge in [-0.25, -0.2) is 0 Å². The van der Waals surface area contributed by atoms with Gasteiger partial charge in [0.15, 0.2) is 0 Å². The Labute approximate surface area is 125 Å². The number of nitro benzene ring substituents is 1. The maximum atomic E-state index is 12.1. The molecule has 1 amide bonds. The molecule has 0 unspecified atom stereocenters. The molecule has 0 saturated carbocycles. The van der Waals surface area contributed by atoms with E-state index < -0.39 is 16.5 Å². The van der Waals surface area contributed by atoms with Crippen LogP contribution in [0.15, 0.2) is 22.7 Å². The lowest BCUT2D eigenvalue weighted by Gasteiger charge is -2.06. The summed E-state index contributed by atoms with van der Waals surface area (Å²) in [6, 6.07) is 4.21. The Hall–Kier alpha value is -2.41. The predicted molar refractivity (Wildman–Crippen MR) is 75.3 cm³/mol. The number of amides is 1. The van der Waals surface area contributed by atoms with E-state index >= 15 is 0 Å². The van der Waals surface area contributed by atoms with Crippen molar-refractivity contribution in [3.63, 3.8) is 0 Å². The molecule has 0 aliphatic rings. The number of para-hydroxylation sites is 1. The minimum atomic E-state index is -0.673. The van der Waals surface area contributed by atoms with Crippen LogP contribution in [0, 0.1) is 24.0 Å². The normalized spacial score (nSPS) is 10.4. The van der Waals surface area contributed by atoms with Crippen LogP contribution in [0.25, 0.3) is 0 Å². The molecule has 21 heavy (non-hydrogen) atoms. The third-order valence-corrected chi connectivity index (χ3v) is 3.33. The molecular weight excluding hydrogens is 298 g/mol. The van der Waals surface area contributed by atoms with Crippen molar-refractivity contribution >= 4 is 23.2 Å². The van der Waals surface area contributed by atoms with E-state index in [0.29, 0.717) is 11.5 Å². The number of rotatable bonds is 4. The molecule has 0 atom stereocenters. The maximum absolute atomic E-state index is 12.1. The Morgan fingerprint density at radius 1 is 1.48 bits per heavy atom. The summed E-state index contributed by atoms with van der Waals surface area (Å²) in [7, 11) is 0. The average molecular weight is 310 g/mol.